The van der Waals surface area contributed by atoms with Crippen LogP contribution in [0.5, 0.6) is 5.75 Å². The minimum absolute atomic E-state index is 0.352. The Morgan fingerprint density at radius 3 is 2.33 bits per heavy atom. The zero-order valence-corrected chi connectivity index (χ0v) is 16.7. The highest BCUT2D eigenvalue weighted by molar-refractivity contribution is 5.48. The fraction of sp³-hybridized carbons (Fsp3) is 0.478. The Bertz CT molecular complexity index is 880. The predicted octanol–water partition coefficient (Wildman–Crippen LogP) is 1.82. The smallest absolute Gasteiger partial charge is 0.127 e. The van der Waals surface area contributed by atoms with Crippen molar-refractivity contribution in [1.82, 2.24) is 0 Å². The van der Waals surface area contributed by atoms with Gasteiger partial charge in [0.15, 0.2) is 0 Å². The fourth-order valence-electron chi connectivity index (χ4n) is 4.34. The number of benzene rings is 2. The van der Waals surface area contributed by atoms with E-state index in [1.807, 2.05) is 31.2 Å². The second kappa shape index (κ2) is 8.24. The molecular formula is C23H27FO6. The van der Waals surface area contributed by atoms with Gasteiger partial charge < -0.3 is 29.9 Å². The Kier molecular flexibility index (Phi) is 5.83. The van der Waals surface area contributed by atoms with Crippen LogP contribution in [0.4, 0.5) is 4.39 Å². The molecule has 1 heterocycles. The Morgan fingerprint density at radius 1 is 1.03 bits per heavy atom. The van der Waals surface area contributed by atoms with Crippen molar-refractivity contribution in [2.24, 2.45) is 0 Å². The number of aliphatic hydroxyl groups is 4. The van der Waals surface area contributed by atoms with E-state index in [0.717, 1.165) is 24.2 Å². The number of rotatable bonds is 6. The fourth-order valence-corrected chi connectivity index (χ4v) is 4.34. The second-order valence-corrected chi connectivity index (χ2v) is 8.03. The third kappa shape index (κ3) is 3.61. The average Bonchev–Trinajstić information content (AvgIpc) is 3.55. The normalized spacial score (nSPS) is 30.1. The van der Waals surface area contributed by atoms with Crippen LogP contribution < -0.4 is 4.74 Å². The molecule has 6 nitrogen and oxygen atoms in total. The molecule has 2 aromatic rings. The third-order valence-electron chi connectivity index (χ3n) is 6.19. The van der Waals surface area contributed by atoms with Crippen molar-refractivity contribution in [3.8, 4) is 5.75 Å². The summed E-state index contributed by atoms with van der Waals surface area (Å²) in [5, 5.41) is 40.0. The van der Waals surface area contributed by atoms with Crippen molar-refractivity contribution in [2.45, 2.75) is 55.7 Å². The quantitative estimate of drug-likeness (QED) is 0.571. The van der Waals surface area contributed by atoms with Gasteiger partial charge >= 0.3 is 0 Å². The Morgan fingerprint density at radius 2 is 1.73 bits per heavy atom. The molecule has 0 amide bonds. The van der Waals surface area contributed by atoms with Gasteiger partial charge in [-0.15, -0.1) is 0 Å². The predicted molar refractivity (Wildman–Crippen MR) is 107 cm³/mol. The number of hydrogen-bond acceptors (Lipinski definition) is 6. The first-order valence-electron chi connectivity index (χ1n) is 10.2. The van der Waals surface area contributed by atoms with Gasteiger partial charge in [0, 0.05) is 5.41 Å². The topological polar surface area (TPSA) is 99.4 Å². The standard InChI is InChI=1S/C23H27FO6/c1-2-29-15-6-4-14(5-7-15)23(9-10-23)16-11-13(3-8-17(16)24)22-21(28)20(27)19(26)18(12-25)30-22/h3-8,11,18-22,25-28H,2,9-10,12H2,1H3/t18-,19-,20+,21-,22+/m1/s1. The lowest BCUT2D eigenvalue weighted by Gasteiger charge is -2.40. The molecule has 30 heavy (non-hydrogen) atoms. The van der Waals surface area contributed by atoms with E-state index in [4.69, 9.17) is 9.47 Å². The molecule has 2 fully saturated rings. The summed E-state index contributed by atoms with van der Waals surface area (Å²) in [6, 6.07) is 12.1. The molecule has 1 aliphatic carbocycles. The van der Waals surface area contributed by atoms with Crippen LogP contribution >= 0.6 is 0 Å². The summed E-state index contributed by atoms with van der Waals surface area (Å²) < 4.78 is 26.0. The molecule has 0 aromatic heterocycles. The van der Waals surface area contributed by atoms with E-state index in [2.05, 4.69) is 0 Å². The van der Waals surface area contributed by atoms with Crippen LogP contribution in [-0.4, -0.2) is 58.1 Å². The molecule has 2 aliphatic rings. The van der Waals surface area contributed by atoms with E-state index < -0.39 is 42.5 Å². The third-order valence-corrected chi connectivity index (χ3v) is 6.19. The second-order valence-electron chi connectivity index (χ2n) is 8.03. The highest BCUT2D eigenvalue weighted by atomic mass is 19.1. The van der Waals surface area contributed by atoms with Gasteiger partial charge in [-0.25, -0.2) is 4.39 Å². The van der Waals surface area contributed by atoms with Gasteiger partial charge in [-0.2, -0.15) is 0 Å². The summed E-state index contributed by atoms with van der Waals surface area (Å²) in [6.07, 6.45) is -4.73. The van der Waals surface area contributed by atoms with Gasteiger partial charge in [0.05, 0.1) is 13.2 Å². The van der Waals surface area contributed by atoms with E-state index in [1.54, 1.807) is 6.07 Å². The summed E-state index contributed by atoms with van der Waals surface area (Å²) in [6.45, 7) is 1.97. The first-order chi connectivity index (χ1) is 14.4. The first kappa shape index (κ1) is 21.2. The number of aliphatic hydroxyl groups excluding tert-OH is 4. The van der Waals surface area contributed by atoms with Crippen LogP contribution in [0.15, 0.2) is 42.5 Å². The number of ether oxygens (including phenoxy) is 2. The van der Waals surface area contributed by atoms with Crippen molar-refractivity contribution in [3.05, 3.63) is 65.0 Å². The lowest BCUT2D eigenvalue weighted by molar-refractivity contribution is -0.231. The summed E-state index contributed by atoms with van der Waals surface area (Å²) >= 11 is 0. The summed E-state index contributed by atoms with van der Waals surface area (Å²) in [7, 11) is 0. The van der Waals surface area contributed by atoms with Crippen molar-refractivity contribution in [1.29, 1.82) is 0 Å². The molecule has 1 saturated heterocycles. The molecular weight excluding hydrogens is 391 g/mol. The molecule has 5 atom stereocenters. The Labute approximate surface area is 174 Å². The minimum Gasteiger partial charge on any atom is -0.494 e. The van der Waals surface area contributed by atoms with Crippen molar-refractivity contribution >= 4 is 0 Å². The minimum atomic E-state index is -1.48. The molecule has 0 spiro atoms. The van der Waals surface area contributed by atoms with Crippen LogP contribution in [0.25, 0.3) is 0 Å². The van der Waals surface area contributed by atoms with Crippen LogP contribution in [0, 0.1) is 5.82 Å². The highest BCUT2D eigenvalue weighted by Gasteiger charge is 2.49. The molecule has 7 heteroatoms. The van der Waals surface area contributed by atoms with Gasteiger partial charge in [0.2, 0.25) is 0 Å². The lowest BCUT2D eigenvalue weighted by atomic mass is 9.84. The highest BCUT2D eigenvalue weighted by Crippen LogP contribution is 2.55. The maximum atomic E-state index is 14.9. The summed E-state index contributed by atoms with van der Waals surface area (Å²) in [5.74, 6) is 0.405. The molecule has 0 bridgehead atoms. The SMILES string of the molecule is CCOc1ccc(C2(c3cc([C@@H]4O[C@H](CO)[C@@H](O)[C@H](O)[C@H]4O)ccc3F)CC2)cc1. The Balaban J connectivity index is 1.67. The summed E-state index contributed by atoms with van der Waals surface area (Å²) in [4.78, 5) is 0. The maximum absolute atomic E-state index is 14.9. The van der Waals surface area contributed by atoms with E-state index in [-0.39, 0.29) is 5.82 Å². The van der Waals surface area contributed by atoms with Crippen molar-refractivity contribution in [2.75, 3.05) is 13.2 Å². The molecule has 1 aliphatic heterocycles. The Hall–Kier alpha value is -2.03. The average molecular weight is 418 g/mol. The van der Waals surface area contributed by atoms with Crippen molar-refractivity contribution in [3.63, 3.8) is 0 Å². The molecule has 4 N–H and O–H groups in total. The van der Waals surface area contributed by atoms with Gasteiger partial charge in [-0.1, -0.05) is 18.2 Å². The van der Waals surface area contributed by atoms with Crippen LogP contribution in [0.3, 0.4) is 0 Å². The van der Waals surface area contributed by atoms with E-state index >= 15 is 0 Å². The van der Waals surface area contributed by atoms with Crippen LogP contribution in [0.2, 0.25) is 0 Å². The lowest BCUT2D eigenvalue weighted by Crippen LogP contribution is -2.55. The number of hydrogen-bond donors (Lipinski definition) is 4. The van der Waals surface area contributed by atoms with Gasteiger partial charge in [-0.05, 0) is 60.7 Å². The van der Waals surface area contributed by atoms with E-state index in [9.17, 15) is 24.8 Å². The zero-order valence-electron chi connectivity index (χ0n) is 16.7. The monoisotopic (exact) mass is 418 g/mol. The molecule has 0 radical (unpaired) electrons. The van der Waals surface area contributed by atoms with Gasteiger partial charge in [0.25, 0.3) is 0 Å². The van der Waals surface area contributed by atoms with Crippen LogP contribution in [-0.2, 0) is 10.2 Å². The number of halogens is 1. The largest absolute Gasteiger partial charge is 0.494 e. The summed E-state index contributed by atoms with van der Waals surface area (Å²) in [5.41, 5.74) is 1.51. The molecule has 4 rings (SSSR count). The van der Waals surface area contributed by atoms with Crippen molar-refractivity contribution < 1.29 is 34.3 Å². The van der Waals surface area contributed by atoms with E-state index in [0.29, 0.717) is 17.7 Å². The van der Waals surface area contributed by atoms with Gasteiger partial charge in [0.1, 0.15) is 42.1 Å². The molecule has 2 aromatic carbocycles. The zero-order chi connectivity index (χ0) is 21.5. The molecule has 162 valence electrons. The van der Waals surface area contributed by atoms with E-state index in [1.165, 1.54) is 12.1 Å². The maximum Gasteiger partial charge on any atom is 0.127 e. The molecule has 0 unspecified atom stereocenters. The molecule has 1 saturated carbocycles. The first-order valence-corrected chi connectivity index (χ1v) is 10.2. The van der Waals surface area contributed by atoms with Gasteiger partial charge in [-0.3, -0.25) is 0 Å². The van der Waals surface area contributed by atoms with Crippen LogP contribution in [0.1, 0.15) is 42.6 Å².